The molecule has 0 aromatic heterocycles. The SMILES string of the molecule is O=C(CCSc1ccc(F)cc1)NCC1(C(=O)O)CC1. The fraction of sp³-hybridized carbons (Fsp3) is 0.429. The quantitative estimate of drug-likeness (QED) is 0.758. The van der Waals surface area contributed by atoms with Gasteiger partial charge in [0.2, 0.25) is 5.91 Å². The minimum Gasteiger partial charge on any atom is -0.481 e. The zero-order chi connectivity index (χ0) is 14.6. The number of benzene rings is 1. The van der Waals surface area contributed by atoms with Crippen molar-refractivity contribution in [2.24, 2.45) is 5.41 Å². The van der Waals surface area contributed by atoms with Crippen LogP contribution in [0.4, 0.5) is 4.39 Å². The predicted molar refractivity (Wildman–Crippen MR) is 74.1 cm³/mol. The van der Waals surface area contributed by atoms with E-state index >= 15 is 0 Å². The molecule has 20 heavy (non-hydrogen) atoms. The third kappa shape index (κ3) is 3.96. The van der Waals surface area contributed by atoms with E-state index in [1.165, 1.54) is 23.9 Å². The Morgan fingerprint density at radius 3 is 2.50 bits per heavy atom. The molecular formula is C14H16FNO3S. The Bertz CT molecular complexity index is 500. The number of aliphatic carboxylic acids is 1. The van der Waals surface area contributed by atoms with Crippen molar-refractivity contribution in [2.45, 2.75) is 24.2 Å². The fourth-order valence-corrected chi connectivity index (χ4v) is 2.62. The van der Waals surface area contributed by atoms with Gasteiger partial charge in [-0.15, -0.1) is 11.8 Å². The maximum Gasteiger partial charge on any atom is 0.311 e. The van der Waals surface area contributed by atoms with Crippen molar-refractivity contribution in [1.29, 1.82) is 0 Å². The van der Waals surface area contributed by atoms with Crippen molar-refractivity contribution in [3.8, 4) is 0 Å². The van der Waals surface area contributed by atoms with Crippen LogP contribution in [0.1, 0.15) is 19.3 Å². The maximum atomic E-state index is 12.7. The summed E-state index contributed by atoms with van der Waals surface area (Å²) in [5.41, 5.74) is -0.722. The van der Waals surface area contributed by atoms with Gasteiger partial charge < -0.3 is 10.4 Å². The van der Waals surface area contributed by atoms with E-state index in [1.54, 1.807) is 12.1 Å². The van der Waals surface area contributed by atoms with Crippen molar-refractivity contribution in [2.75, 3.05) is 12.3 Å². The molecular weight excluding hydrogens is 281 g/mol. The highest BCUT2D eigenvalue weighted by Crippen LogP contribution is 2.45. The number of thioether (sulfide) groups is 1. The second-order valence-corrected chi connectivity index (χ2v) is 6.08. The third-order valence-corrected chi connectivity index (χ3v) is 4.36. The van der Waals surface area contributed by atoms with Gasteiger partial charge in [0.25, 0.3) is 0 Å². The van der Waals surface area contributed by atoms with Gasteiger partial charge in [0.1, 0.15) is 5.82 Å². The standard InChI is InChI=1S/C14H16FNO3S/c15-10-1-3-11(4-2-10)20-8-5-12(17)16-9-14(6-7-14)13(18)19/h1-4H,5-9H2,(H,16,17)(H,18,19). The normalized spacial score (nSPS) is 15.7. The molecule has 0 unspecified atom stereocenters. The van der Waals surface area contributed by atoms with Crippen LogP contribution in [0.5, 0.6) is 0 Å². The first-order valence-electron chi connectivity index (χ1n) is 6.40. The van der Waals surface area contributed by atoms with Crippen LogP contribution < -0.4 is 5.32 Å². The number of amides is 1. The van der Waals surface area contributed by atoms with E-state index in [0.717, 1.165) is 4.90 Å². The number of carboxylic acids is 1. The molecule has 1 saturated carbocycles. The van der Waals surface area contributed by atoms with Gasteiger partial charge in [0.15, 0.2) is 0 Å². The largest absolute Gasteiger partial charge is 0.481 e. The molecule has 0 atom stereocenters. The lowest BCUT2D eigenvalue weighted by atomic mass is 10.1. The molecule has 0 bridgehead atoms. The molecule has 0 radical (unpaired) electrons. The summed E-state index contributed by atoms with van der Waals surface area (Å²) in [6, 6.07) is 6.10. The molecule has 1 aliphatic carbocycles. The lowest BCUT2D eigenvalue weighted by Gasteiger charge is -2.10. The molecule has 1 fully saturated rings. The van der Waals surface area contributed by atoms with Crippen molar-refractivity contribution < 1.29 is 19.1 Å². The summed E-state index contributed by atoms with van der Waals surface area (Å²) in [6.45, 7) is 0.211. The van der Waals surface area contributed by atoms with Crippen molar-refractivity contribution in [3.63, 3.8) is 0 Å². The second kappa shape index (κ2) is 6.26. The molecule has 1 amide bonds. The highest BCUT2D eigenvalue weighted by atomic mass is 32.2. The van der Waals surface area contributed by atoms with Crippen LogP contribution in [0.25, 0.3) is 0 Å². The van der Waals surface area contributed by atoms with Crippen LogP contribution in [0, 0.1) is 11.2 Å². The Hall–Kier alpha value is -1.56. The zero-order valence-electron chi connectivity index (χ0n) is 10.9. The lowest BCUT2D eigenvalue weighted by molar-refractivity contribution is -0.143. The van der Waals surface area contributed by atoms with E-state index in [9.17, 15) is 14.0 Å². The van der Waals surface area contributed by atoms with Gasteiger partial charge in [-0.1, -0.05) is 0 Å². The number of rotatable bonds is 7. The summed E-state index contributed by atoms with van der Waals surface area (Å²) in [5.74, 6) is -0.682. The van der Waals surface area contributed by atoms with Crippen LogP contribution in [-0.4, -0.2) is 29.3 Å². The molecule has 1 aliphatic rings. The van der Waals surface area contributed by atoms with Gasteiger partial charge in [-0.2, -0.15) is 0 Å². The summed E-state index contributed by atoms with van der Waals surface area (Å²) in [6.07, 6.45) is 1.58. The van der Waals surface area contributed by atoms with Crippen molar-refractivity contribution >= 4 is 23.6 Å². The molecule has 0 aliphatic heterocycles. The van der Waals surface area contributed by atoms with E-state index in [4.69, 9.17) is 5.11 Å². The molecule has 2 N–H and O–H groups in total. The zero-order valence-corrected chi connectivity index (χ0v) is 11.7. The monoisotopic (exact) mass is 297 g/mol. The Morgan fingerprint density at radius 1 is 1.30 bits per heavy atom. The van der Waals surface area contributed by atoms with Crippen LogP contribution in [0.2, 0.25) is 0 Å². The highest BCUT2D eigenvalue weighted by Gasteiger charge is 2.50. The molecule has 1 aromatic carbocycles. The van der Waals surface area contributed by atoms with Gasteiger partial charge in [0, 0.05) is 23.6 Å². The smallest absolute Gasteiger partial charge is 0.311 e. The minimum absolute atomic E-state index is 0.146. The van der Waals surface area contributed by atoms with E-state index < -0.39 is 11.4 Å². The number of halogens is 1. The fourth-order valence-electron chi connectivity index (χ4n) is 1.77. The molecule has 4 nitrogen and oxygen atoms in total. The number of carbonyl (C=O) groups is 2. The lowest BCUT2D eigenvalue weighted by Crippen LogP contribution is -2.34. The number of carbonyl (C=O) groups excluding carboxylic acids is 1. The van der Waals surface area contributed by atoms with Crippen LogP contribution in [0.3, 0.4) is 0 Å². The van der Waals surface area contributed by atoms with Crippen molar-refractivity contribution in [3.05, 3.63) is 30.1 Å². The van der Waals surface area contributed by atoms with E-state index in [-0.39, 0.29) is 18.3 Å². The summed E-state index contributed by atoms with van der Waals surface area (Å²) in [5, 5.41) is 11.6. The highest BCUT2D eigenvalue weighted by molar-refractivity contribution is 7.99. The van der Waals surface area contributed by atoms with Gasteiger partial charge in [-0.3, -0.25) is 9.59 Å². The Balaban J connectivity index is 1.65. The van der Waals surface area contributed by atoms with Gasteiger partial charge in [0.05, 0.1) is 5.41 Å². The number of hydrogen-bond acceptors (Lipinski definition) is 3. The maximum absolute atomic E-state index is 12.7. The molecule has 0 heterocycles. The van der Waals surface area contributed by atoms with Crippen LogP contribution in [-0.2, 0) is 9.59 Å². The molecule has 108 valence electrons. The van der Waals surface area contributed by atoms with Gasteiger partial charge in [-0.05, 0) is 37.1 Å². The molecule has 0 spiro atoms. The minimum atomic E-state index is -0.835. The first kappa shape index (κ1) is 14.8. The van der Waals surface area contributed by atoms with Crippen LogP contribution >= 0.6 is 11.8 Å². The second-order valence-electron chi connectivity index (χ2n) is 4.91. The molecule has 1 aromatic rings. The summed E-state index contributed by atoms with van der Waals surface area (Å²) < 4.78 is 12.7. The topological polar surface area (TPSA) is 66.4 Å². The molecule has 0 saturated heterocycles. The summed E-state index contributed by atoms with van der Waals surface area (Å²) >= 11 is 1.47. The Kier molecular flexibility index (Phi) is 4.65. The van der Waals surface area contributed by atoms with E-state index in [0.29, 0.717) is 25.0 Å². The molecule has 6 heteroatoms. The number of nitrogens with one attached hydrogen (secondary N) is 1. The summed E-state index contributed by atoms with van der Waals surface area (Å²) in [7, 11) is 0. The Morgan fingerprint density at radius 2 is 1.95 bits per heavy atom. The van der Waals surface area contributed by atoms with E-state index in [2.05, 4.69) is 5.32 Å². The Labute approximate surface area is 120 Å². The van der Waals surface area contributed by atoms with Gasteiger partial charge in [-0.25, -0.2) is 4.39 Å². The number of carboxylic acid groups (broad SMARTS) is 1. The van der Waals surface area contributed by atoms with Crippen molar-refractivity contribution in [1.82, 2.24) is 5.32 Å². The van der Waals surface area contributed by atoms with E-state index in [1.807, 2.05) is 0 Å². The first-order valence-corrected chi connectivity index (χ1v) is 7.39. The van der Waals surface area contributed by atoms with Crippen LogP contribution in [0.15, 0.2) is 29.2 Å². The van der Waals surface area contributed by atoms with Gasteiger partial charge >= 0.3 is 5.97 Å². The molecule has 2 rings (SSSR count). The predicted octanol–water partition coefficient (Wildman–Crippen LogP) is 2.29. The third-order valence-electron chi connectivity index (χ3n) is 3.34. The first-order chi connectivity index (χ1) is 9.52. The average Bonchev–Trinajstić information content (AvgIpc) is 3.20. The average molecular weight is 297 g/mol. The number of hydrogen-bond donors (Lipinski definition) is 2. The summed E-state index contributed by atoms with van der Waals surface area (Å²) in [4.78, 5) is 23.4.